The van der Waals surface area contributed by atoms with Crippen LogP contribution in [0.1, 0.15) is 55.5 Å². The Morgan fingerprint density at radius 3 is 2.19 bits per heavy atom. The van der Waals surface area contributed by atoms with Crippen LogP contribution in [-0.4, -0.2) is 42.0 Å². The predicted molar refractivity (Wildman–Crippen MR) is 126 cm³/mol. The Kier molecular flexibility index (Phi) is 8.42. The van der Waals surface area contributed by atoms with Crippen molar-refractivity contribution in [2.75, 3.05) is 13.1 Å². The summed E-state index contributed by atoms with van der Waals surface area (Å²) in [6, 6.07) is 15.9. The van der Waals surface area contributed by atoms with Gasteiger partial charge in [-0.3, -0.25) is 14.5 Å². The molecule has 0 bridgehead atoms. The van der Waals surface area contributed by atoms with Gasteiger partial charge in [-0.1, -0.05) is 54.1 Å². The van der Waals surface area contributed by atoms with Crippen LogP contribution in [0.15, 0.2) is 48.5 Å². The lowest BCUT2D eigenvalue weighted by atomic mass is 10.0. The molecular formula is C26H35N3O3. The average molecular weight is 438 g/mol. The maximum atomic E-state index is 12.6. The van der Waals surface area contributed by atoms with Gasteiger partial charge in [-0.05, 0) is 37.5 Å². The van der Waals surface area contributed by atoms with Gasteiger partial charge in [-0.2, -0.15) is 0 Å². The normalized spacial score (nSPS) is 19.9. The van der Waals surface area contributed by atoms with Crippen molar-refractivity contribution in [3.63, 3.8) is 0 Å². The molecule has 2 N–H and O–H groups in total. The Morgan fingerprint density at radius 1 is 1.00 bits per heavy atom. The van der Waals surface area contributed by atoms with Gasteiger partial charge in [0.1, 0.15) is 0 Å². The van der Waals surface area contributed by atoms with Crippen LogP contribution in [0, 0.1) is 6.92 Å². The fourth-order valence-electron chi connectivity index (χ4n) is 4.19. The lowest BCUT2D eigenvalue weighted by Gasteiger charge is -2.35. The molecule has 172 valence electrons. The number of nitrogens with zero attached hydrogens (tertiary/aromatic N) is 1. The lowest BCUT2D eigenvalue weighted by molar-refractivity contribution is -0.122. The Bertz CT molecular complexity index is 886. The summed E-state index contributed by atoms with van der Waals surface area (Å²) < 4.78 is 5.80. The zero-order valence-corrected chi connectivity index (χ0v) is 19.6. The van der Waals surface area contributed by atoms with E-state index >= 15 is 0 Å². The highest BCUT2D eigenvalue weighted by atomic mass is 16.5. The first-order valence-corrected chi connectivity index (χ1v) is 11.3. The van der Waals surface area contributed by atoms with E-state index in [9.17, 15) is 9.59 Å². The summed E-state index contributed by atoms with van der Waals surface area (Å²) in [5.74, 6) is -0.243. The first kappa shape index (κ1) is 24.0. The number of amides is 2. The molecule has 2 aromatic rings. The Balaban J connectivity index is 1.51. The smallest absolute Gasteiger partial charge is 0.222 e. The summed E-state index contributed by atoms with van der Waals surface area (Å²) >= 11 is 0. The lowest BCUT2D eigenvalue weighted by Crippen LogP contribution is -2.44. The van der Waals surface area contributed by atoms with Gasteiger partial charge in [0, 0.05) is 33.1 Å². The van der Waals surface area contributed by atoms with Crippen molar-refractivity contribution in [3.05, 3.63) is 70.8 Å². The quantitative estimate of drug-likeness (QED) is 0.663. The number of ether oxygens (including phenoxy) is 1. The largest absolute Gasteiger partial charge is 0.373 e. The van der Waals surface area contributed by atoms with Crippen LogP contribution in [0.4, 0.5) is 0 Å². The van der Waals surface area contributed by atoms with Gasteiger partial charge in [0.15, 0.2) is 0 Å². The number of nitrogens with one attached hydrogen (secondary N) is 2. The highest BCUT2D eigenvalue weighted by Gasteiger charge is 2.22. The molecular weight excluding hydrogens is 402 g/mol. The minimum atomic E-state index is -0.339. The molecule has 32 heavy (non-hydrogen) atoms. The average Bonchev–Trinajstić information content (AvgIpc) is 2.72. The van der Waals surface area contributed by atoms with Crippen molar-refractivity contribution >= 4 is 11.8 Å². The molecule has 0 spiro atoms. The number of morpholine rings is 1. The van der Waals surface area contributed by atoms with Gasteiger partial charge < -0.3 is 15.4 Å². The van der Waals surface area contributed by atoms with E-state index in [-0.39, 0.29) is 36.5 Å². The first-order chi connectivity index (χ1) is 15.3. The number of carbonyl (C=O) groups is 2. The van der Waals surface area contributed by atoms with Crippen molar-refractivity contribution in [3.8, 4) is 0 Å². The second-order valence-electron chi connectivity index (χ2n) is 8.91. The highest BCUT2D eigenvalue weighted by molar-refractivity contribution is 5.79. The molecule has 1 saturated heterocycles. The van der Waals surface area contributed by atoms with Crippen molar-refractivity contribution in [2.24, 2.45) is 0 Å². The van der Waals surface area contributed by atoms with Crippen LogP contribution in [0.3, 0.4) is 0 Å². The van der Waals surface area contributed by atoms with Crippen LogP contribution in [0.2, 0.25) is 0 Å². The number of rotatable bonds is 8. The van der Waals surface area contributed by atoms with Crippen molar-refractivity contribution in [1.82, 2.24) is 15.5 Å². The van der Waals surface area contributed by atoms with E-state index in [1.54, 1.807) is 0 Å². The standard InChI is InChI=1S/C26H35N3O3/c1-18-5-11-24(12-6-18)25(28-21(4)30)13-26(31)27-14-22-7-9-23(10-8-22)17-29-15-19(2)32-20(3)16-29/h5-12,19-20,25H,13-17H2,1-4H3,(H,27,31)(H,28,30). The summed E-state index contributed by atoms with van der Waals surface area (Å²) in [6.07, 6.45) is 0.720. The zero-order valence-electron chi connectivity index (χ0n) is 19.6. The third-order valence-corrected chi connectivity index (χ3v) is 5.66. The number of aryl methyl sites for hydroxylation is 1. The van der Waals surface area contributed by atoms with Crippen LogP contribution in [0.25, 0.3) is 0 Å². The van der Waals surface area contributed by atoms with Gasteiger partial charge in [0.25, 0.3) is 0 Å². The molecule has 0 aromatic heterocycles. The zero-order chi connectivity index (χ0) is 23.1. The van der Waals surface area contributed by atoms with Gasteiger partial charge in [0.2, 0.25) is 11.8 Å². The summed E-state index contributed by atoms with van der Waals surface area (Å²) in [4.78, 5) is 26.6. The van der Waals surface area contributed by atoms with E-state index in [1.165, 1.54) is 12.5 Å². The van der Waals surface area contributed by atoms with Gasteiger partial charge in [0.05, 0.1) is 24.7 Å². The molecule has 3 unspecified atom stereocenters. The number of hydrogen-bond acceptors (Lipinski definition) is 4. The van der Waals surface area contributed by atoms with E-state index in [1.807, 2.05) is 31.2 Å². The van der Waals surface area contributed by atoms with Crippen molar-refractivity contribution in [1.29, 1.82) is 0 Å². The van der Waals surface area contributed by atoms with E-state index in [4.69, 9.17) is 4.74 Å². The Morgan fingerprint density at radius 2 is 1.59 bits per heavy atom. The third kappa shape index (κ3) is 7.46. The van der Waals surface area contributed by atoms with E-state index in [0.717, 1.165) is 36.3 Å². The number of hydrogen-bond donors (Lipinski definition) is 2. The molecule has 3 rings (SSSR count). The van der Waals surface area contributed by atoms with Crippen LogP contribution < -0.4 is 10.6 Å². The third-order valence-electron chi connectivity index (χ3n) is 5.66. The molecule has 0 radical (unpaired) electrons. The fraction of sp³-hybridized carbons (Fsp3) is 0.462. The number of carbonyl (C=O) groups excluding carboxylic acids is 2. The molecule has 1 fully saturated rings. The summed E-state index contributed by atoms with van der Waals surface area (Å²) in [5.41, 5.74) is 4.38. The van der Waals surface area contributed by atoms with Crippen molar-refractivity contribution in [2.45, 2.75) is 65.5 Å². The molecule has 6 heteroatoms. The molecule has 1 heterocycles. The second-order valence-corrected chi connectivity index (χ2v) is 8.91. The minimum absolute atomic E-state index is 0.0929. The maximum Gasteiger partial charge on any atom is 0.222 e. The topological polar surface area (TPSA) is 70.7 Å². The second kappa shape index (κ2) is 11.2. The van der Waals surface area contributed by atoms with Crippen LogP contribution in [-0.2, 0) is 27.4 Å². The summed E-state index contributed by atoms with van der Waals surface area (Å²) in [7, 11) is 0. The summed E-state index contributed by atoms with van der Waals surface area (Å²) in [5, 5.41) is 5.86. The van der Waals surface area contributed by atoms with Gasteiger partial charge in [-0.25, -0.2) is 0 Å². The minimum Gasteiger partial charge on any atom is -0.373 e. The first-order valence-electron chi connectivity index (χ1n) is 11.3. The molecule has 3 atom stereocenters. The molecule has 6 nitrogen and oxygen atoms in total. The number of benzene rings is 2. The predicted octanol–water partition coefficient (Wildman–Crippen LogP) is 3.49. The molecule has 1 aliphatic heterocycles. The molecule has 2 amide bonds. The van der Waals surface area contributed by atoms with Crippen molar-refractivity contribution < 1.29 is 14.3 Å². The summed E-state index contributed by atoms with van der Waals surface area (Å²) in [6.45, 7) is 11.0. The molecule has 0 aliphatic carbocycles. The van der Waals surface area contributed by atoms with Crippen LogP contribution >= 0.6 is 0 Å². The highest BCUT2D eigenvalue weighted by Crippen LogP contribution is 2.18. The van der Waals surface area contributed by atoms with E-state index < -0.39 is 0 Å². The van der Waals surface area contributed by atoms with Gasteiger partial charge >= 0.3 is 0 Å². The fourth-order valence-corrected chi connectivity index (χ4v) is 4.19. The SMILES string of the molecule is CC(=O)NC(CC(=O)NCc1ccc(CN2CC(C)OC(C)C2)cc1)c1ccc(C)cc1. The van der Waals surface area contributed by atoms with E-state index in [2.05, 4.69) is 53.6 Å². The Labute approximate surface area is 191 Å². The monoisotopic (exact) mass is 437 g/mol. The molecule has 2 aromatic carbocycles. The molecule has 0 saturated carbocycles. The van der Waals surface area contributed by atoms with Gasteiger partial charge in [-0.15, -0.1) is 0 Å². The van der Waals surface area contributed by atoms with E-state index in [0.29, 0.717) is 6.54 Å². The molecule has 1 aliphatic rings. The van der Waals surface area contributed by atoms with Crippen LogP contribution in [0.5, 0.6) is 0 Å². The maximum absolute atomic E-state index is 12.6. The Hall–Kier alpha value is -2.70.